The molecule has 0 aliphatic heterocycles. The Morgan fingerprint density at radius 2 is 1.58 bits per heavy atom. The van der Waals surface area contributed by atoms with Crippen molar-refractivity contribution in [2.45, 2.75) is 78.7 Å². The molecule has 0 amide bonds. The number of rotatable bonds is 4. The van der Waals surface area contributed by atoms with Crippen LogP contribution in [0.5, 0.6) is 0 Å². The van der Waals surface area contributed by atoms with Crippen LogP contribution >= 0.6 is 0 Å². The maximum absolute atomic E-state index is 6.05. The molecule has 0 radical (unpaired) electrons. The van der Waals surface area contributed by atoms with Crippen molar-refractivity contribution >= 4 is 0 Å². The second-order valence-electron chi connectivity index (χ2n) is 7.68. The van der Waals surface area contributed by atoms with Crippen molar-refractivity contribution in [3.63, 3.8) is 0 Å². The minimum absolute atomic E-state index is 0.0490. The van der Waals surface area contributed by atoms with Gasteiger partial charge in [-0.3, -0.25) is 0 Å². The second kappa shape index (κ2) is 5.66. The fourth-order valence-electron chi connectivity index (χ4n) is 2.61. The van der Waals surface area contributed by atoms with Gasteiger partial charge < -0.3 is 5.73 Å². The summed E-state index contributed by atoms with van der Waals surface area (Å²) in [4.78, 5) is 0. The van der Waals surface area contributed by atoms with E-state index in [9.17, 15) is 0 Å². The summed E-state index contributed by atoms with van der Waals surface area (Å²) >= 11 is 0. The zero-order valence-electron chi connectivity index (χ0n) is 13.9. The normalized spacial score (nSPS) is 12.8. The highest BCUT2D eigenvalue weighted by Gasteiger charge is 2.18. The van der Waals surface area contributed by atoms with Crippen LogP contribution in [0, 0.1) is 13.8 Å². The fraction of sp³-hybridized carbons (Fsp3) is 0.667. The molecular weight excluding hydrogens is 230 g/mol. The molecule has 0 spiro atoms. The lowest BCUT2D eigenvalue weighted by Gasteiger charge is -2.24. The zero-order chi connectivity index (χ0) is 14.8. The number of aryl methyl sites for hydroxylation is 2. The van der Waals surface area contributed by atoms with E-state index in [1.54, 1.807) is 0 Å². The zero-order valence-corrected chi connectivity index (χ0v) is 13.9. The van der Waals surface area contributed by atoms with Gasteiger partial charge in [0.25, 0.3) is 0 Å². The van der Waals surface area contributed by atoms with Gasteiger partial charge >= 0.3 is 0 Å². The van der Waals surface area contributed by atoms with Crippen molar-refractivity contribution in [3.05, 3.63) is 34.4 Å². The molecule has 2 N–H and O–H groups in total. The van der Waals surface area contributed by atoms with Crippen LogP contribution in [0.1, 0.15) is 69.7 Å². The molecule has 0 aliphatic rings. The van der Waals surface area contributed by atoms with E-state index in [1.165, 1.54) is 22.3 Å². The molecule has 1 nitrogen and oxygen atoms in total. The molecule has 0 heterocycles. The van der Waals surface area contributed by atoms with Crippen LogP contribution in [0.25, 0.3) is 0 Å². The van der Waals surface area contributed by atoms with Crippen LogP contribution in [-0.2, 0) is 11.8 Å². The topological polar surface area (TPSA) is 26.0 Å². The van der Waals surface area contributed by atoms with Gasteiger partial charge in [0.05, 0.1) is 0 Å². The Morgan fingerprint density at radius 3 is 2.05 bits per heavy atom. The Morgan fingerprint density at radius 1 is 1.00 bits per heavy atom. The summed E-state index contributed by atoms with van der Waals surface area (Å²) in [6.45, 7) is 15.6. The van der Waals surface area contributed by atoms with E-state index in [4.69, 9.17) is 5.73 Å². The van der Waals surface area contributed by atoms with Gasteiger partial charge in [-0.25, -0.2) is 0 Å². The van der Waals surface area contributed by atoms with Crippen LogP contribution in [0.4, 0.5) is 0 Å². The van der Waals surface area contributed by atoms with Crippen LogP contribution in [-0.4, -0.2) is 5.54 Å². The van der Waals surface area contributed by atoms with E-state index < -0.39 is 0 Å². The first-order chi connectivity index (χ1) is 8.50. The summed E-state index contributed by atoms with van der Waals surface area (Å²) in [6.07, 6.45) is 3.37. The standard InChI is InChI=1S/C18H31N/c1-13-11-15(9-8-10-18(6,7)19)12-16(14(13)2)17(3,4)5/h11-12H,8-10,19H2,1-7H3. The second-order valence-corrected chi connectivity index (χ2v) is 7.68. The Hall–Kier alpha value is -0.820. The molecule has 1 aromatic rings. The molecule has 1 aromatic carbocycles. The summed E-state index contributed by atoms with van der Waals surface area (Å²) in [7, 11) is 0. The van der Waals surface area contributed by atoms with Crippen LogP contribution in [0.3, 0.4) is 0 Å². The van der Waals surface area contributed by atoms with Crippen LogP contribution in [0.15, 0.2) is 12.1 Å². The third-order valence-corrected chi connectivity index (χ3v) is 3.82. The molecule has 19 heavy (non-hydrogen) atoms. The largest absolute Gasteiger partial charge is 0.326 e. The Labute approximate surface area is 119 Å². The predicted octanol–water partition coefficient (Wildman–Crippen LogP) is 4.66. The van der Waals surface area contributed by atoms with Gasteiger partial charge in [-0.05, 0) is 74.6 Å². The molecular formula is C18H31N. The van der Waals surface area contributed by atoms with Crippen molar-refractivity contribution < 1.29 is 0 Å². The molecule has 108 valence electrons. The smallest absolute Gasteiger partial charge is 0.00971 e. The fourth-order valence-corrected chi connectivity index (χ4v) is 2.61. The maximum atomic E-state index is 6.05. The first-order valence-corrected chi connectivity index (χ1v) is 7.40. The van der Waals surface area contributed by atoms with Gasteiger partial charge in [-0.2, -0.15) is 0 Å². The molecule has 0 bridgehead atoms. The monoisotopic (exact) mass is 261 g/mol. The van der Waals surface area contributed by atoms with E-state index in [0.717, 1.165) is 19.3 Å². The van der Waals surface area contributed by atoms with Gasteiger partial charge in [0.15, 0.2) is 0 Å². The lowest BCUT2D eigenvalue weighted by molar-refractivity contribution is 0.459. The van der Waals surface area contributed by atoms with E-state index in [2.05, 4.69) is 60.6 Å². The van der Waals surface area contributed by atoms with Crippen LogP contribution in [0.2, 0.25) is 0 Å². The van der Waals surface area contributed by atoms with E-state index in [-0.39, 0.29) is 11.0 Å². The molecule has 0 atom stereocenters. The highest BCUT2D eigenvalue weighted by Crippen LogP contribution is 2.29. The van der Waals surface area contributed by atoms with Crippen molar-refractivity contribution in [2.75, 3.05) is 0 Å². The minimum Gasteiger partial charge on any atom is -0.326 e. The first-order valence-electron chi connectivity index (χ1n) is 7.40. The summed E-state index contributed by atoms with van der Waals surface area (Å²) in [6, 6.07) is 4.74. The summed E-state index contributed by atoms with van der Waals surface area (Å²) < 4.78 is 0. The first kappa shape index (κ1) is 16.2. The van der Waals surface area contributed by atoms with Gasteiger partial charge in [0, 0.05) is 5.54 Å². The van der Waals surface area contributed by atoms with E-state index in [1.807, 2.05) is 0 Å². The lowest BCUT2D eigenvalue weighted by atomic mass is 9.81. The molecule has 1 rings (SSSR count). The third kappa shape index (κ3) is 4.99. The molecule has 0 aliphatic carbocycles. The van der Waals surface area contributed by atoms with Crippen molar-refractivity contribution in [3.8, 4) is 0 Å². The maximum Gasteiger partial charge on any atom is 0.00971 e. The third-order valence-electron chi connectivity index (χ3n) is 3.82. The van der Waals surface area contributed by atoms with E-state index in [0.29, 0.717) is 0 Å². The highest BCUT2D eigenvalue weighted by atomic mass is 14.7. The average molecular weight is 261 g/mol. The summed E-state index contributed by atoms with van der Waals surface area (Å²) in [5, 5.41) is 0. The number of hydrogen-bond acceptors (Lipinski definition) is 1. The molecule has 1 heteroatoms. The minimum atomic E-state index is -0.0490. The van der Waals surface area contributed by atoms with Gasteiger partial charge in [-0.15, -0.1) is 0 Å². The molecule has 0 fully saturated rings. The molecule has 0 unspecified atom stereocenters. The molecule has 0 saturated carbocycles. The number of benzene rings is 1. The Kier molecular flexibility index (Phi) is 4.84. The van der Waals surface area contributed by atoms with Crippen molar-refractivity contribution in [1.82, 2.24) is 0 Å². The molecule has 0 aromatic heterocycles. The van der Waals surface area contributed by atoms with Crippen molar-refractivity contribution in [1.29, 1.82) is 0 Å². The molecule has 0 saturated heterocycles. The van der Waals surface area contributed by atoms with Gasteiger partial charge in [0.2, 0.25) is 0 Å². The summed E-state index contributed by atoms with van der Waals surface area (Å²) in [5.41, 5.74) is 12.0. The predicted molar refractivity (Wildman–Crippen MR) is 85.8 cm³/mol. The summed E-state index contributed by atoms with van der Waals surface area (Å²) in [5.74, 6) is 0. The number of nitrogens with two attached hydrogens (primary N) is 1. The van der Waals surface area contributed by atoms with Crippen molar-refractivity contribution in [2.24, 2.45) is 5.73 Å². The average Bonchev–Trinajstić information content (AvgIpc) is 2.19. The van der Waals surface area contributed by atoms with Gasteiger partial charge in [-0.1, -0.05) is 32.9 Å². The Balaban J connectivity index is 2.89. The lowest BCUT2D eigenvalue weighted by Crippen LogP contribution is -2.31. The number of hydrogen-bond donors (Lipinski definition) is 1. The Bertz CT molecular complexity index is 430. The highest BCUT2D eigenvalue weighted by molar-refractivity contribution is 5.41. The van der Waals surface area contributed by atoms with Gasteiger partial charge in [0.1, 0.15) is 0 Å². The van der Waals surface area contributed by atoms with E-state index >= 15 is 0 Å². The SMILES string of the molecule is Cc1cc(CCCC(C)(C)N)cc(C(C)(C)C)c1C. The quantitative estimate of drug-likeness (QED) is 0.838. The van der Waals surface area contributed by atoms with Crippen LogP contribution < -0.4 is 5.73 Å².